The zero-order valence-corrected chi connectivity index (χ0v) is 17.3. The van der Waals surface area contributed by atoms with Crippen molar-refractivity contribution in [2.45, 2.75) is 46.1 Å². The van der Waals surface area contributed by atoms with Gasteiger partial charge in [0.1, 0.15) is 17.8 Å². The van der Waals surface area contributed by atoms with Crippen LogP contribution in [0.15, 0.2) is 55.0 Å². The number of aromatic nitrogens is 3. The average molecular weight is 390 g/mol. The maximum atomic E-state index is 12.9. The molecule has 3 rings (SSSR count). The number of amides is 1. The number of benzene rings is 1. The van der Waals surface area contributed by atoms with Gasteiger partial charge in [-0.2, -0.15) is 0 Å². The summed E-state index contributed by atoms with van der Waals surface area (Å²) in [6.45, 7) is 9.02. The van der Waals surface area contributed by atoms with Crippen LogP contribution >= 0.6 is 0 Å². The van der Waals surface area contributed by atoms with Crippen LogP contribution in [-0.2, 0) is 6.54 Å². The minimum atomic E-state index is -0.247. The van der Waals surface area contributed by atoms with Crippen molar-refractivity contribution < 1.29 is 4.79 Å². The third-order valence-electron chi connectivity index (χ3n) is 4.69. The van der Waals surface area contributed by atoms with E-state index in [2.05, 4.69) is 65.4 Å². The van der Waals surface area contributed by atoms with Crippen LogP contribution in [-0.4, -0.2) is 20.9 Å². The van der Waals surface area contributed by atoms with Gasteiger partial charge in [0.2, 0.25) is 0 Å². The number of carbonyl (C=O) groups excluding carboxylic acids is 1. The molecule has 1 amide bonds. The molecule has 1 aromatic carbocycles. The molecule has 0 saturated heterocycles. The summed E-state index contributed by atoms with van der Waals surface area (Å²) in [5, 5.41) is 6.28. The van der Waals surface area contributed by atoms with Crippen LogP contribution in [0.1, 0.15) is 66.8 Å². The summed E-state index contributed by atoms with van der Waals surface area (Å²) in [4.78, 5) is 25.6. The highest BCUT2D eigenvalue weighted by molar-refractivity contribution is 6.04. The molecule has 0 atom stereocenters. The average Bonchev–Trinajstić information content (AvgIpc) is 2.73. The Balaban J connectivity index is 1.80. The normalized spacial score (nSPS) is 11.0. The lowest BCUT2D eigenvalue weighted by Gasteiger charge is -2.20. The predicted molar refractivity (Wildman–Crippen MR) is 116 cm³/mol. The van der Waals surface area contributed by atoms with Gasteiger partial charge in [0.05, 0.1) is 12.2 Å². The monoisotopic (exact) mass is 389 g/mol. The van der Waals surface area contributed by atoms with E-state index in [4.69, 9.17) is 0 Å². The molecule has 0 saturated carbocycles. The number of carbonyl (C=O) groups is 1. The van der Waals surface area contributed by atoms with E-state index >= 15 is 0 Å². The van der Waals surface area contributed by atoms with E-state index in [1.54, 1.807) is 12.3 Å². The highest BCUT2D eigenvalue weighted by Gasteiger charge is 2.17. The Morgan fingerprint density at radius 1 is 0.931 bits per heavy atom. The summed E-state index contributed by atoms with van der Waals surface area (Å²) in [6.07, 6.45) is 3.14. The first-order chi connectivity index (χ1) is 14.0. The lowest BCUT2D eigenvalue weighted by Crippen LogP contribution is -2.18. The van der Waals surface area contributed by atoms with Crippen LogP contribution in [0.3, 0.4) is 0 Å². The molecule has 3 aromatic rings. The number of rotatable bonds is 7. The van der Waals surface area contributed by atoms with E-state index in [-0.39, 0.29) is 5.91 Å². The lowest BCUT2D eigenvalue weighted by molar-refractivity contribution is 0.102. The van der Waals surface area contributed by atoms with Gasteiger partial charge in [-0.3, -0.25) is 9.78 Å². The summed E-state index contributed by atoms with van der Waals surface area (Å²) in [5.41, 5.74) is 4.32. The van der Waals surface area contributed by atoms with E-state index in [9.17, 15) is 4.79 Å². The summed E-state index contributed by atoms with van der Waals surface area (Å²) in [5.74, 6) is 0.926. The first-order valence-corrected chi connectivity index (χ1v) is 9.85. The molecule has 6 heteroatoms. The summed E-state index contributed by atoms with van der Waals surface area (Å²) < 4.78 is 0. The Morgan fingerprint density at radius 2 is 1.66 bits per heavy atom. The molecule has 6 nitrogen and oxygen atoms in total. The van der Waals surface area contributed by atoms with E-state index in [1.165, 1.54) is 6.33 Å². The second kappa shape index (κ2) is 9.28. The van der Waals surface area contributed by atoms with E-state index in [0.29, 0.717) is 29.9 Å². The van der Waals surface area contributed by atoms with Crippen molar-refractivity contribution in [1.29, 1.82) is 0 Å². The first-order valence-electron chi connectivity index (χ1n) is 9.85. The highest BCUT2D eigenvalue weighted by Crippen LogP contribution is 2.32. The van der Waals surface area contributed by atoms with Crippen molar-refractivity contribution in [2.75, 3.05) is 10.6 Å². The maximum Gasteiger partial charge on any atom is 0.274 e. The number of anilines is 2. The summed E-state index contributed by atoms with van der Waals surface area (Å²) >= 11 is 0. The largest absolute Gasteiger partial charge is 0.364 e. The molecule has 0 aliphatic heterocycles. The van der Waals surface area contributed by atoms with Gasteiger partial charge in [-0.1, -0.05) is 52.0 Å². The molecule has 2 N–H and O–H groups in total. The van der Waals surface area contributed by atoms with Crippen LogP contribution in [0.4, 0.5) is 11.5 Å². The minimum Gasteiger partial charge on any atom is -0.364 e. The number of nitrogens with one attached hydrogen (secondary N) is 2. The van der Waals surface area contributed by atoms with Crippen molar-refractivity contribution in [3.8, 4) is 0 Å². The van der Waals surface area contributed by atoms with Crippen molar-refractivity contribution in [3.05, 3.63) is 77.5 Å². The van der Waals surface area contributed by atoms with Gasteiger partial charge in [-0.15, -0.1) is 0 Å². The molecule has 2 heterocycles. The third kappa shape index (κ3) is 5.16. The van der Waals surface area contributed by atoms with Crippen molar-refractivity contribution in [2.24, 2.45) is 0 Å². The van der Waals surface area contributed by atoms with Gasteiger partial charge in [0, 0.05) is 18.0 Å². The fourth-order valence-corrected chi connectivity index (χ4v) is 3.13. The fraction of sp³-hybridized carbons (Fsp3) is 0.304. The van der Waals surface area contributed by atoms with Crippen LogP contribution in [0, 0.1) is 0 Å². The molecule has 0 radical (unpaired) electrons. The Bertz CT molecular complexity index is 944. The maximum absolute atomic E-state index is 12.9. The Hall–Kier alpha value is -3.28. The number of para-hydroxylation sites is 1. The molecule has 0 spiro atoms. The molecule has 0 aliphatic rings. The summed E-state index contributed by atoms with van der Waals surface area (Å²) in [7, 11) is 0. The Labute approximate surface area is 171 Å². The van der Waals surface area contributed by atoms with Gasteiger partial charge in [0.25, 0.3) is 5.91 Å². The Kier molecular flexibility index (Phi) is 6.54. The minimum absolute atomic E-state index is 0.247. The molecule has 0 fully saturated rings. The zero-order valence-electron chi connectivity index (χ0n) is 17.3. The highest BCUT2D eigenvalue weighted by atomic mass is 16.1. The molecule has 150 valence electrons. The van der Waals surface area contributed by atoms with Crippen LogP contribution in [0.25, 0.3) is 0 Å². The van der Waals surface area contributed by atoms with Crippen molar-refractivity contribution in [3.63, 3.8) is 0 Å². The third-order valence-corrected chi connectivity index (χ3v) is 4.69. The van der Waals surface area contributed by atoms with Crippen LogP contribution < -0.4 is 10.6 Å². The smallest absolute Gasteiger partial charge is 0.274 e. The van der Waals surface area contributed by atoms with Crippen LogP contribution in [0.2, 0.25) is 0 Å². The molecule has 29 heavy (non-hydrogen) atoms. The fourth-order valence-electron chi connectivity index (χ4n) is 3.13. The molecule has 2 aromatic heterocycles. The number of nitrogens with zero attached hydrogens (tertiary/aromatic N) is 3. The first kappa shape index (κ1) is 20.5. The van der Waals surface area contributed by atoms with Gasteiger partial charge in [-0.25, -0.2) is 9.97 Å². The van der Waals surface area contributed by atoms with E-state index in [0.717, 1.165) is 22.5 Å². The van der Waals surface area contributed by atoms with Crippen molar-refractivity contribution in [1.82, 2.24) is 15.0 Å². The van der Waals surface area contributed by atoms with Gasteiger partial charge in [0.15, 0.2) is 0 Å². The standard InChI is InChI=1S/C23H27N5O/c1-15(2)18-9-7-10-19(16(3)4)22(18)28-23(29)20-12-21(27-14-26-20)25-13-17-8-5-6-11-24-17/h5-12,14-16H,13H2,1-4H3,(H,28,29)(H,25,26,27). The zero-order chi connectivity index (χ0) is 20.8. The number of pyridine rings is 1. The van der Waals surface area contributed by atoms with Gasteiger partial charge >= 0.3 is 0 Å². The topological polar surface area (TPSA) is 79.8 Å². The van der Waals surface area contributed by atoms with Gasteiger partial charge in [-0.05, 0) is 35.1 Å². The van der Waals surface area contributed by atoms with Crippen molar-refractivity contribution >= 4 is 17.4 Å². The second-order valence-corrected chi connectivity index (χ2v) is 7.54. The van der Waals surface area contributed by atoms with E-state index in [1.807, 2.05) is 24.3 Å². The second-order valence-electron chi connectivity index (χ2n) is 7.54. The quantitative estimate of drug-likeness (QED) is 0.595. The molecule has 0 aliphatic carbocycles. The molecular formula is C23H27N5O. The van der Waals surface area contributed by atoms with Gasteiger partial charge < -0.3 is 10.6 Å². The molecular weight excluding hydrogens is 362 g/mol. The molecule has 0 unspecified atom stereocenters. The number of hydrogen-bond donors (Lipinski definition) is 2. The SMILES string of the molecule is CC(C)c1cccc(C(C)C)c1NC(=O)c1cc(NCc2ccccn2)ncn1. The van der Waals surface area contributed by atoms with E-state index < -0.39 is 0 Å². The van der Waals surface area contributed by atoms with Crippen LogP contribution in [0.5, 0.6) is 0 Å². The predicted octanol–water partition coefficient (Wildman–Crippen LogP) is 4.98. The molecule has 0 bridgehead atoms. The summed E-state index contributed by atoms with van der Waals surface area (Å²) in [6, 6.07) is 13.6. The number of hydrogen-bond acceptors (Lipinski definition) is 5. The lowest BCUT2D eigenvalue weighted by atomic mass is 9.92. The Morgan fingerprint density at radius 3 is 2.28 bits per heavy atom.